The Morgan fingerprint density at radius 1 is 1.12 bits per heavy atom. The number of hydrogen-bond donors (Lipinski definition) is 2. The highest BCUT2D eigenvalue weighted by Crippen LogP contribution is 2.13. The molecule has 7 heteroatoms. The quantitative estimate of drug-likeness (QED) is 0.493. The van der Waals surface area contributed by atoms with E-state index in [1.165, 1.54) is 0 Å². The molecule has 2 rings (SSSR count). The minimum atomic E-state index is 0.131. The van der Waals surface area contributed by atoms with E-state index < -0.39 is 0 Å². The van der Waals surface area contributed by atoms with Crippen molar-refractivity contribution in [1.29, 1.82) is 0 Å². The summed E-state index contributed by atoms with van der Waals surface area (Å²) in [4.78, 5) is 21.2. The molecule has 2 aliphatic heterocycles. The van der Waals surface area contributed by atoms with Crippen molar-refractivity contribution in [2.75, 3.05) is 59.0 Å². The van der Waals surface area contributed by atoms with Crippen LogP contribution in [-0.4, -0.2) is 86.7 Å². The first-order valence-corrected chi connectivity index (χ1v) is 10.2. The van der Waals surface area contributed by atoms with Gasteiger partial charge in [-0.15, -0.1) is 0 Å². The Bertz CT molecular complexity index is 443. The van der Waals surface area contributed by atoms with Crippen LogP contribution < -0.4 is 10.6 Å². The molecule has 0 bridgehead atoms. The van der Waals surface area contributed by atoms with Gasteiger partial charge >= 0.3 is 0 Å². The highest BCUT2D eigenvalue weighted by molar-refractivity contribution is 5.85. The van der Waals surface area contributed by atoms with Gasteiger partial charge in [0.25, 0.3) is 0 Å². The number of carbonyl (C=O) groups excluding carboxylic acids is 1. The van der Waals surface area contributed by atoms with Gasteiger partial charge in [-0.3, -0.25) is 9.69 Å². The van der Waals surface area contributed by atoms with Crippen LogP contribution in [0, 0.1) is 5.92 Å². The average molecular weight is 368 g/mol. The van der Waals surface area contributed by atoms with Crippen LogP contribution in [0.5, 0.6) is 0 Å². The number of morpholine rings is 1. The molecule has 2 fully saturated rings. The number of guanidine groups is 1. The molecule has 0 aliphatic carbocycles. The van der Waals surface area contributed by atoms with Crippen LogP contribution in [0.25, 0.3) is 0 Å². The average Bonchev–Trinajstić information content (AvgIpc) is 3.18. The molecule has 2 N–H and O–H groups in total. The first-order chi connectivity index (χ1) is 12.6. The zero-order valence-corrected chi connectivity index (χ0v) is 16.8. The zero-order valence-electron chi connectivity index (χ0n) is 16.8. The van der Waals surface area contributed by atoms with E-state index in [0.717, 1.165) is 77.7 Å². The molecule has 2 aliphatic rings. The van der Waals surface area contributed by atoms with E-state index in [1.807, 2.05) is 11.8 Å². The maximum Gasteiger partial charge on any atom is 0.244 e. The number of rotatable bonds is 8. The number of likely N-dealkylation sites (tertiary alicyclic amines) is 1. The molecule has 0 radical (unpaired) electrons. The summed E-state index contributed by atoms with van der Waals surface area (Å²) < 4.78 is 5.49. The molecule has 0 spiro atoms. The molecule has 1 amide bonds. The lowest BCUT2D eigenvalue weighted by atomic mass is 10.0. The third-order valence-corrected chi connectivity index (χ3v) is 4.99. The smallest absolute Gasteiger partial charge is 0.244 e. The van der Waals surface area contributed by atoms with Crippen LogP contribution in [0.4, 0.5) is 0 Å². The van der Waals surface area contributed by atoms with Gasteiger partial charge in [0.1, 0.15) is 6.54 Å². The fourth-order valence-electron chi connectivity index (χ4n) is 3.62. The number of nitrogens with one attached hydrogen (secondary N) is 2. The van der Waals surface area contributed by atoms with Crippen molar-refractivity contribution in [2.24, 2.45) is 10.9 Å². The highest BCUT2D eigenvalue weighted by atomic mass is 16.5. The van der Waals surface area contributed by atoms with Gasteiger partial charge in [0.2, 0.25) is 5.91 Å². The van der Waals surface area contributed by atoms with Crippen molar-refractivity contribution < 1.29 is 9.53 Å². The molecule has 0 saturated carbocycles. The first-order valence-electron chi connectivity index (χ1n) is 10.2. The van der Waals surface area contributed by atoms with Gasteiger partial charge in [-0.1, -0.05) is 13.8 Å². The lowest BCUT2D eigenvalue weighted by molar-refractivity contribution is -0.128. The van der Waals surface area contributed by atoms with Gasteiger partial charge in [-0.05, 0) is 32.1 Å². The van der Waals surface area contributed by atoms with E-state index in [-0.39, 0.29) is 12.5 Å². The number of aliphatic imine (C=N–C) groups is 1. The van der Waals surface area contributed by atoms with E-state index in [4.69, 9.17) is 4.74 Å². The third kappa shape index (κ3) is 7.11. The van der Waals surface area contributed by atoms with E-state index in [2.05, 4.69) is 34.4 Å². The van der Waals surface area contributed by atoms with Crippen LogP contribution in [0.3, 0.4) is 0 Å². The van der Waals surface area contributed by atoms with E-state index in [9.17, 15) is 4.79 Å². The fraction of sp³-hybridized carbons (Fsp3) is 0.895. The van der Waals surface area contributed by atoms with Gasteiger partial charge < -0.3 is 20.3 Å². The molecule has 2 saturated heterocycles. The highest BCUT2D eigenvalue weighted by Gasteiger charge is 2.22. The Hall–Kier alpha value is -1.34. The SMILES string of the molecule is CCNC(=NCC(=O)N1CCCC1)NCC(CC(C)C)N1CCOCC1. The van der Waals surface area contributed by atoms with Gasteiger partial charge in [0, 0.05) is 45.3 Å². The normalized spacial score (nSPS) is 20.5. The van der Waals surface area contributed by atoms with Crippen LogP contribution in [0.1, 0.15) is 40.0 Å². The summed E-state index contributed by atoms with van der Waals surface area (Å²) in [7, 11) is 0. The van der Waals surface area contributed by atoms with Gasteiger partial charge in [-0.25, -0.2) is 4.99 Å². The maximum absolute atomic E-state index is 12.2. The van der Waals surface area contributed by atoms with E-state index >= 15 is 0 Å². The predicted octanol–water partition coefficient (Wildman–Crippen LogP) is 0.911. The fourth-order valence-corrected chi connectivity index (χ4v) is 3.62. The molecule has 0 aromatic rings. The number of carbonyl (C=O) groups is 1. The molecule has 1 unspecified atom stereocenters. The largest absolute Gasteiger partial charge is 0.379 e. The summed E-state index contributed by atoms with van der Waals surface area (Å²) in [5, 5.41) is 6.72. The standard InChI is InChI=1S/C19H37N5O2/c1-4-20-19(22-15-18(25)24-7-5-6-8-24)21-14-17(13-16(2)3)23-9-11-26-12-10-23/h16-17H,4-15H2,1-3H3,(H2,20,21,22). The molecule has 0 aromatic carbocycles. The van der Waals surface area contributed by atoms with E-state index in [0.29, 0.717) is 12.0 Å². The molecule has 150 valence electrons. The minimum absolute atomic E-state index is 0.131. The lowest BCUT2D eigenvalue weighted by Crippen LogP contribution is -2.51. The number of amides is 1. The second-order valence-corrected chi connectivity index (χ2v) is 7.60. The molecule has 1 atom stereocenters. The van der Waals surface area contributed by atoms with Crippen LogP contribution >= 0.6 is 0 Å². The van der Waals surface area contributed by atoms with Gasteiger partial charge in [0.05, 0.1) is 13.2 Å². The van der Waals surface area contributed by atoms with Crippen LogP contribution in [0.15, 0.2) is 4.99 Å². The van der Waals surface area contributed by atoms with Crippen molar-refractivity contribution in [3.63, 3.8) is 0 Å². The van der Waals surface area contributed by atoms with Gasteiger partial charge in [-0.2, -0.15) is 0 Å². The first kappa shape index (κ1) is 21.0. The summed E-state index contributed by atoms with van der Waals surface area (Å²) in [6.45, 7) is 13.8. The molecule has 7 nitrogen and oxygen atoms in total. The Morgan fingerprint density at radius 3 is 2.42 bits per heavy atom. The Labute approximate surface area is 158 Å². The predicted molar refractivity (Wildman–Crippen MR) is 105 cm³/mol. The third-order valence-electron chi connectivity index (χ3n) is 4.99. The van der Waals surface area contributed by atoms with Crippen molar-refractivity contribution >= 4 is 11.9 Å². The molecule has 2 heterocycles. The second-order valence-electron chi connectivity index (χ2n) is 7.60. The Morgan fingerprint density at radius 2 is 1.81 bits per heavy atom. The monoisotopic (exact) mass is 367 g/mol. The summed E-state index contributed by atoms with van der Waals surface area (Å²) >= 11 is 0. The topological polar surface area (TPSA) is 69.2 Å². The number of ether oxygens (including phenoxy) is 1. The zero-order chi connectivity index (χ0) is 18.8. The summed E-state index contributed by atoms with van der Waals surface area (Å²) in [6, 6.07) is 0.456. The summed E-state index contributed by atoms with van der Waals surface area (Å²) in [5.74, 6) is 1.51. The van der Waals surface area contributed by atoms with Gasteiger partial charge in [0.15, 0.2) is 5.96 Å². The molecular formula is C19H37N5O2. The van der Waals surface area contributed by atoms with Crippen molar-refractivity contribution in [1.82, 2.24) is 20.4 Å². The maximum atomic E-state index is 12.2. The number of hydrogen-bond acceptors (Lipinski definition) is 4. The summed E-state index contributed by atoms with van der Waals surface area (Å²) in [6.07, 6.45) is 3.37. The second kappa shape index (κ2) is 11.4. The molecule has 0 aromatic heterocycles. The Balaban J connectivity index is 1.88. The van der Waals surface area contributed by atoms with E-state index in [1.54, 1.807) is 0 Å². The van der Waals surface area contributed by atoms with Crippen molar-refractivity contribution in [2.45, 2.75) is 46.1 Å². The number of nitrogens with zero attached hydrogens (tertiary/aromatic N) is 3. The van der Waals surface area contributed by atoms with Crippen molar-refractivity contribution in [3.05, 3.63) is 0 Å². The Kier molecular flexibility index (Phi) is 9.18. The lowest BCUT2D eigenvalue weighted by Gasteiger charge is -2.35. The van der Waals surface area contributed by atoms with Crippen LogP contribution in [0.2, 0.25) is 0 Å². The minimum Gasteiger partial charge on any atom is -0.379 e. The summed E-state index contributed by atoms with van der Waals surface area (Å²) in [5.41, 5.74) is 0. The van der Waals surface area contributed by atoms with Crippen molar-refractivity contribution in [3.8, 4) is 0 Å². The molecular weight excluding hydrogens is 330 g/mol. The molecule has 26 heavy (non-hydrogen) atoms. The van der Waals surface area contributed by atoms with Crippen LogP contribution in [-0.2, 0) is 9.53 Å².